The zero-order valence-corrected chi connectivity index (χ0v) is 9.02. The normalized spacial score (nSPS) is 12.8. The summed E-state index contributed by atoms with van der Waals surface area (Å²) in [4.78, 5) is 15.6. The zero-order chi connectivity index (χ0) is 9.84. The van der Waals surface area contributed by atoms with Gasteiger partial charge in [-0.1, -0.05) is 13.8 Å². The maximum Gasteiger partial charge on any atom is 0.142 e. The molecule has 0 amide bonds. The molecule has 0 bridgehead atoms. The summed E-state index contributed by atoms with van der Waals surface area (Å²) in [6.45, 7) is 5.78. The van der Waals surface area contributed by atoms with Crippen molar-refractivity contribution in [2.45, 2.75) is 39.5 Å². The highest BCUT2D eigenvalue weighted by molar-refractivity contribution is 7.05. The van der Waals surface area contributed by atoms with E-state index in [0.29, 0.717) is 6.42 Å². The van der Waals surface area contributed by atoms with Crippen LogP contribution in [-0.4, -0.2) is 15.1 Å². The van der Waals surface area contributed by atoms with Crippen LogP contribution in [-0.2, 0) is 11.2 Å². The fourth-order valence-corrected chi connectivity index (χ4v) is 1.84. The van der Waals surface area contributed by atoms with E-state index in [0.717, 1.165) is 17.3 Å². The molecule has 1 unspecified atom stereocenters. The van der Waals surface area contributed by atoms with Crippen LogP contribution < -0.4 is 0 Å². The molecule has 4 heteroatoms. The Bertz CT molecular complexity index is 296. The average molecular weight is 198 g/mol. The summed E-state index contributed by atoms with van der Waals surface area (Å²) in [5, 5.41) is 0.851. The van der Waals surface area contributed by atoms with Crippen molar-refractivity contribution >= 4 is 17.3 Å². The number of hydrogen-bond donors (Lipinski definition) is 0. The Kier molecular flexibility index (Phi) is 3.54. The van der Waals surface area contributed by atoms with E-state index >= 15 is 0 Å². The number of rotatable bonds is 4. The third kappa shape index (κ3) is 2.34. The van der Waals surface area contributed by atoms with Crippen LogP contribution in [0.25, 0.3) is 0 Å². The van der Waals surface area contributed by atoms with Crippen molar-refractivity contribution in [1.82, 2.24) is 9.36 Å². The van der Waals surface area contributed by atoms with E-state index in [9.17, 15) is 4.79 Å². The molecule has 1 aromatic rings. The Morgan fingerprint density at radius 1 is 1.54 bits per heavy atom. The molecule has 0 aliphatic rings. The number of carbonyl (C=O) groups excluding carboxylic acids is 1. The summed E-state index contributed by atoms with van der Waals surface area (Å²) in [6, 6.07) is 0. The van der Waals surface area contributed by atoms with Crippen LogP contribution in [0.1, 0.15) is 43.9 Å². The Morgan fingerprint density at radius 2 is 2.23 bits per heavy atom. The van der Waals surface area contributed by atoms with Crippen LogP contribution in [0.2, 0.25) is 0 Å². The number of ketones is 1. The lowest BCUT2D eigenvalue weighted by molar-refractivity contribution is -0.119. The molecule has 1 rings (SSSR count). The van der Waals surface area contributed by atoms with Gasteiger partial charge in [-0.2, -0.15) is 4.37 Å². The molecular formula is C9H14N2OS. The van der Waals surface area contributed by atoms with Gasteiger partial charge in [0.1, 0.15) is 16.6 Å². The van der Waals surface area contributed by atoms with Crippen molar-refractivity contribution in [2.75, 3.05) is 0 Å². The quantitative estimate of drug-likeness (QED) is 0.744. The minimum Gasteiger partial charge on any atom is -0.299 e. The monoisotopic (exact) mass is 198 g/mol. The molecule has 0 fully saturated rings. The van der Waals surface area contributed by atoms with E-state index in [1.807, 2.05) is 20.8 Å². The van der Waals surface area contributed by atoms with Crippen LogP contribution in [0.5, 0.6) is 0 Å². The van der Waals surface area contributed by atoms with Crippen LogP contribution in [0.15, 0.2) is 0 Å². The predicted octanol–water partition coefficient (Wildman–Crippen LogP) is 2.18. The molecular weight excluding hydrogens is 184 g/mol. The lowest BCUT2D eigenvalue weighted by atomic mass is 10.1. The summed E-state index contributed by atoms with van der Waals surface area (Å²) in [7, 11) is 0. The van der Waals surface area contributed by atoms with Gasteiger partial charge in [0.25, 0.3) is 0 Å². The van der Waals surface area contributed by atoms with Gasteiger partial charge in [-0.25, -0.2) is 4.98 Å². The van der Waals surface area contributed by atoms with Crippen LogP contribution in [0.3, 0.4) is 0 Å². The Hall–Kier alpha value is -0.770. The molecule has 0 aromatic carbocycles. The fourth-order valence-electron chi connectivity index (χ4n) is 1.03. The van der Waals surface area contributed by atoms with Crippen molar-refractivity contribution < 1.29 is 4.79 Å². The standard InChI is InChI=1S/C9H14N2OS/c1-4-7(12)6(3)9-10-8(5-2)11-13-9/h6H,4-5H2,1-3H3. The minimum atomic E-state index is -0.0807. The largest absolute Gasteiger partial charge is 0.299 e. The van der Waals surface area contributed by atoms with E-state index in [1.165, 1.54) is 11.5 Å². The summed E-state index contributed by atoms with van der Waals surface area (Å²) >= 11 is 1.34. The first-order valence-corrected chi connectivity index (χ1v) is 5.31. The number of Topliss-reactive ketones (excluding diaryl/α,β-unsaturated/α-hetero) is 1. The lowest BCUT2D eigenvalue weighted by Gasteiger charge is -2.02. The maximum absolute atomic E-state index is 11.3. The number of hydrogen-bond acceptors (Lipinski definition) is 4. The van der Waals surface area contributed by atoms with Gasteiger partial charge in [-0.3, -0.25) is 4.79 Å². The number of nitrogens with zero attached hydrogens (tertiary/aromatic N) is 2. The molecule has 0 saturated heterocycles. The van der Waals surface area contributed by atoms with E-state index in [2.05, 4.69) is 9.36 Å². The van der Waals surface area contributed by atoms with Crippen LogP contribution in [0.4, 0.5) is 0 Å². The van der Waals surface area contributed by atoms with E-state index in [-0.39, 0.29) is 11.7 Å². The Labute approximate surface area is 82.4 Å². The second-order valence-corrected chi connectivity index (χ2v) is 3.73. The molecule has 0 aliphatic heterocycles. The highest BCUT2D eigenvalue weighted by atomic mass is 32.1. The molecule has 0 aliphatic carbocycles. The topological polar surface area (TPSA) is 42.9 Å². The Morgan fingerprint density at radius 3 is 2.69 bits per heavy atom. The zero-order valence-electron chi connectivity index (χ0n) is 8.20. The number of carbonyl (C=O) groups is 1. The van der Waals surface area contributed by atoms with E-state index in [4.69, 9.17) is 0 Å². The highest BCUT2D eigenvalue weighted by Crippen LogP contribution is 2.19. The van der Waals surface area contributed by atoms with Crippen molar-refractivity contribution in [2.24, 2.45) is 0 Å². The van der Waals surface area contributed by atoms with E-state index in [1.54, 1.807) is 0 Å². The van der Waals surface area contributed by atoms with Crippen LogP contribution >= 0.6 is 11.5 Å². The van der Waals surface area contributed by atoms with Crippen molar-refractivity contribution in [3.8, 4) is 0 Å². The van der Waals surface area contributed by atoms with Crippen molar-refractivity contribution in [3.63, 3.8) is 0 Å². The summed E-state index contributed by atoms with van der Waals surface area (Å²) in [5.74, 6) is 0.998. The summed E-state index contributed by atoms with van der Waals surface area (Å²) in [5.41, 5.74) is 0. The fraction of sp³-hybridized carbons (Fsp3) is 0.667. The molecule has 0 saturated carbocycles. The smallest absolute Gasteiger partial charge is 0.142 e. The van der Waals surface area contributed by atoms with Gasteiger partial charge in [0.05, 0.1) is 5.92 Å². The average Bonchev–Trinajstić information content (AvgIpc) is 2.63. The number of aryl methyl sites for hydroxylation is 1. The van der Waals surface area contributed by atoms with Crippen LogP contribution in [0, 0.1) is 0 Å². The summed E-state index contributed by atoms with van der Waals surface area (Å²) in [6.07, 6.45) is 1.41. The minimum absolute atomic E-state index is 0.0807. The first-order chi connectivity index (χ1) is 6.19. The SMILES string of the molecule is CCC(=O)C(C)c1nc(CC)ns1. The molecule has 13 heavy (non-hydrogen) atoms. The van der Waals surface area contributed by atoms with Gasteiger partial charge in [0.2, 0.25) is 0 Å². The third-order valence-corrected chi connectivity index (χ3v) is 2.94. The first-order valence-electron chi connectivity index (χ1n) is 4.54. The molecule has 1 heterocycles. The van der Waals surface area contributed by atoms with Gasteiger partial charge in [0.15, 0.2) is 0 Å². The van der Waals surface area contributed by atoms with Gasteiger partial charge in [-0.15, -0.1) is 0 Å². The maximum atomic E-state index is 11.3. The first kappa shape index (κ1) is 10.3. The summed E-state index contributed by atoms with van der Waals surface area (Å²) < 4.78 is 4.15. The van der Waals surface area contributed by atoms with Crippen molar-refractivity contribution in [3.05, 3.63) is 10.8 Å². The van der Waals surface area contributed by atoms with Gasteiger partial charge in [-0.05, 0) is 18.5 Å². The lowest BCUT2D eigenvalue weighted by Crippen LogP contribution is -2.07. The third-order valence-electron chi connectivity index (χ3n) is 2.00. The Balaban J connectivity index is 2.76. The molecule has 0 spiro atoms. The van der Waals surface area contributed by atoms with Gasteiger partial charge >= 0.3 is 0 Å². The molecule has 3 nitrogen and oxygen atoms in total. The molecule has 1 aromatic heterocycles. The van der Waals surface area contributed by atoms with Gasteiger partial charge in [0, 0.05) is 12.8 Å². The second kappa shape index (κ2) is 4.46. The van der Waals surface area contributed by atoms with E-state index < -0.39 is 0 Å². The molecule has 72 valence electrons. The predicted molar refractivity (Wildman–Crippen MR) is 53.0 cm³/mol. The molecule has 0 N–H and O–H groups in total. The number of aromatic nitrogens is 2. The highest BCUT2D eigenvalue weighted by Gasteiger charge is 2.17. The second-order valence-electron chi connectivity index (χ2n) is 2.94. The van der Waals surface area contributed by atoms with Crippen molar-refractivity contribution in [1.29, 1.82) is 0 Å². The molecule has 0 radical (unpaired) electrons. The molecule has 1 atom stereocenters. The van der Waals surface area contributed by atoms with Gasteiger partial charge < -0.3 is 0 Å².